The van der Waals surface area contributed by atoms with Crippen molar-refractivity contribution < 1.29 is 14.7 Å². The highest BCUT2D eigenvalue weighted by molar-refractivity contribution is 7.99. The standard InChI is InChI=1S/C12H19NO3S/c14-10(7-9-1-5-17-6-2-9)13-8-12(3-4-12)11(15)16/h9H,1-8H2,(H,13,14)(H,15,16). The van der Waals surface area contributed by atoms with E-state index in [1.165, 1.54) is 0 Å². The van der Waals surface area contributed by atoms with Gasteiger partial charge in [0.15, 0.2) is 0 Å². The van der Waals surface area contributed by atoms with E-state index in [-0.39, 0.29) is 5.91 Å². The van der Waals surface area contributed by atoms with E-state index >= 15 is 0 Å². The summed E-state index contributed by atoms with van der Waals surface area (Å²) in [5.74, 6) is 2.05. The van der Waals surface area contributed by atoms with Crippen LogP contribution in [-0.2, 0) is 9.59 Å². The van der Waals surface area contributed by atoms with Crippen LogP contribution >= 0.6 is 11.8 Å². The first kappa shape index (κ1) is 12.7. The maximum absolute atomic E-state index is 11.7. The molecule has 96 valence electrons. The Morgan fingerprint density at radius 2 is 1.94 bits per heavy atom. The van der Waals surface area contributed by atoms with E-state index in [1.807, 2.05) is 11.8 Å². The van der Waals surface area contributed by atoms with E-state index in [4.69, 9.17) is 5.11 Å². The predicted octanol–water partition coefficient (Wildman–Crippen LogP) is 1.50. The first-order valence-electron chi connectivity index (χ1n) is 6.20. The molecule has 1 amide bonds. The van der Waals surface area contributed by atoms with Gasteiger partial charge >= 0.3 is 5.97 Å². The van der Waals surface area contributed by atoms with Crippen LogP contribution in [0.4, 0.5) is 0 Å². The van der Waals surface area contributed by atoms with Gasteiger partial charge in [-0.05, 0) is 43.1 Å². The third kappa shape index (κ3) is 3.37. The number of aliphatic carboxylic acids is 1. The lowest BCUT2D eigenvalue weighted by Gasteiger charge is -2.21. The molecule has 2 aliphatic rings. The first-order chi connectivity index (χ1) is 8.12. The third-order valence-corrected chi connectivity index (χ3v) is 4.79. The summed E-state index contributed by atoms with van der Waals surface area (Å²) in [5.41, 5.74) is -0.641. The second kappa shape index (κ2) is 5.29. The topological polar surface area (TPSA) is 66.4 Å². The van der Waals surface area contributed by atoms with E-state index in [2.05, 4.69) is 5.32 Å². The Bertz CT molecular complexity index is 309. The Kier molecular flexibility index (Phi) is 3.97. The third-order valence-electron chi connectivity index (χ3n) is 3.75. The Hall–Kier alpha value is -0.710. The molecule has 17 heavy (non-hydrogen) atoms. The monoisotopic (exact) mass is 257 g/mol. The summed E-state index contributed by atoms with van der Waals surface area (Å²) in [6.45, 7) is 0.308. The zero-order valence-electron chi connectivity index (χ0n) is 9.91. The highest BCUT2D eigenvalue weighted by atomic mass is 32.2. The molecule has 1 aliphatic heterocycles. The van der Waals surface area contributed by atoms with Gasteiger partial charge in [0.25, 0.3) is 0 Å². The van der Waals surface area contributed by atoms with Crippen LogP contribution in [0.15, 0.2) is 0 Å². The van der Waals surface area contributed by atoms with E-state index < -0.39 is 11.4 Å². The lowest BCUT2D eigenvalue weighted by Crippen LogP contribution is -2.35. The minimum absolute atomic E-state index is 0.0226. The van der Waals surface area contributed by atoms with E-state index in [9.17, 15) is 9.59 Å². The van der Waals surface area contributed by atoms with Gasteiger partial charge in [-0.15, -0.1) is 0 Å². The molecule has 1 saturated heterocycles. The van der Waals surface area contributed by atoms with Crippen molar-refractivity contribution in [3.8, 4) is 0 Å². The van der Waals surface area contributed by atoms with Gasteiger partial charge in [0.05, 0.1) is 5.41 Å². The fourth-order valence-electron chi connectivity index (χ4n) is 2.17. The summed E-state index contributed by atoms with van der Waals surface area (Å²) in [5, 5.41) is 11.8. The number of nitrogens with one attached hydrogen (secondary N) is 1. The van der Waals surface area contributed by atoms with Crippen LogP contribution in [0.1, 0.15) is 32.1 Å². The molecule has 0 bridgehead atoms. The average molecular weight is 257 g/mol. The number of rotatable bonds is 5. The van der Waals surface area contributed by atoms with Crippen LogP contribution in [0.25, 0.3) is 0 Å². The Labute approximate surface area is 106 Å². The second-order valence-corrected chi connectivity index (χ2v) is 6.35. The van der Waals surface area contributed by atoms with Crippen molar-refractivity contribution in [2.75, 3.05) is 18.1 Å². The fraction of sp³-hybridized carbons (Fsp3) is 0.833. The predicted molar refractivity (Wildman–Crippen MR) is 67.0 cm³/mol. The van der Waals surface area contributed by atoms with Gasteiger partial charge in [-0.25, -0.2) is 0 Å². The number of hydrogen-bond acceptors (Lipinski definition) is 3. The summed E-state index contributed by atoms with van der Waals surface area (Å²) in [6, 6.07) is 0. The first-order valence-corrected chi connectivity index (χ1v) is 7.36. The molecule has 0 spiro atoms. The molecule has 2 rings (SSSR count). The Morgan fingerprint density at radius 3 is 2.47 bits per heavy atom. The number of carbonyl (C=O) groups is 2. The van der Waals surface area contributed by atoms with Crippen LogP contribution in [0.5, 0.6) is 0 Å². The average Bonchev–Trinajstić information content (AvgIpc) is 3.09. The largest absolute Gasteiger partial charge is 0.481 e. The molecular formula is C12H19NO3S. The van der Waals surface area contributed by atoms with Crippen molar-refractivity contribution in [1.29, 1.82) is 0 Å². The number of hydrogen-bond donors (Lipinski definition) is 2. The zero-order valence-corrected chi connectivity index (χ0v) is 10.7. The second-order valence-electron chi connectivity index (χ2n) is 5.12. The highest BCUT2D eigenvalue weighted by Crippen LogP contribution is 2.45. The SMILES string of the molecule is O=C(CC1CCSCC1)NCC1(C(=O)O)CC1. The number of carboxylic acid groups (broad SMARTS) is 1. The molecule has 0 aromatic rings. The molecule has 1 aliphatic carbocycles. The van der Waals surface area contributed by atoms with Gasteiger partial charge in [-0.3, -0.25) is 9.59 Å². The Balaban J connectivity index is 1.69. The van der Waals surface area contributed by atoms with Crippen molar-refractivity contribution in [2.45, 2.75) is 32.1 Å². The van der Waals surface area contributed by atoms with E-state index in [1.54, 1.807) is 0 Å². The molecule has 0 atom stereocenters. The van der Waals surface area contributed by atoms with Gasteiger partial charge in [0.1, 0.15) is 0 Å². The maximum Gasteiger partial charge on any atom is 0.311 e. The van der Waals surface area contributed by atoms with Crippen LogP contribution in [-0.4, -0.2) is 35.0 Å². The van der Waals surface area contributed by atoms with Crippen LogP contribution in [0.3, 0.4) is 0 Å². The molecule has 0 aromatic carbocycles. The minimum Gasteiger partial charge on any atom is -0.481 e. The van der Waals surface area contributed by atoms with Crippen molar-refractivity contribution in [3.05, 3.63) is 0 Å². The van der Waals surface area contributed by atoms with Gasteiger partial charge in [-0.2, -0.15) is 11.8 Å². The summed E-state index contributed by atoms with van der Waals surface area (Å²) in [7, 11) is 0. The van der Waals surface area contributed by atoms with Gasteiger partial charge in [0.2, 0.25) is 5.91 Å². The zero-order chi connectivity index (χ0) is 12.3. The summed E-state index contributed by atoms with van der Waals surface area (Å²) in [4.78, 5) is 22.6. The molecular weight excluding hydrogens is 238 g/mol. The van der Waals surface area contributed by atoms with Crippen molar-refractivity contribution in [1.82, 2.24) is 5.32 Å². The summed E-state index contributed by atoms with van der Waals surface area (Å²) >= 11 is 1.95. The highest BCUT2D eigenvalue weighted by Gasteiger charge is 2.50. The lowest BCUT2D eigenvalue weighted by atomic mass is 9.98. The molecule has 0 radical (unpaired) electrons. The van der Waals surface area contributed by atoms with E-state index in [0.717, 1.165) is 24.3 Å². The summed E-state index contributed by atoms with van der Waals surface area (Å²) < 4.78 is 0. The molecule has 2 fully saturated rings. The Morgan fingerprint density at radius 1 is 1.29 bits per heavy atom. The van der Waals surface area contributed by atoms with Crippen LogP contribution in [0.2, 0.25) is 0 Å². The van der Waals surface area contributed by atoms with Gasteiger partial charge in [-0.1, -0.05) is 0 Å². The smallest absolute Gasteiger partial charge is 0.311 e. The van der Waals surface area contributed by atoms with Crippen molar-refractivity contribution in [2.24, 2.45) is 11.3 Å². The molecule has 2 N–H and O–H groups in total. The number of amides is 1. The molecule has 4 nitrogen and oxygen atoms in total. The quantitative estimate of drug-likeness (QED) is 0.783. The van der Waals surface area contributed by atoms with Gasteiger partial charge < -0.3 is 10.4 Å². The van der Waals surface area contributed by atoms with Gasteiger partial charge in [0, 0.05) is 13.0 Å². The number of carbonyl (C=O) groups excluding carboxylic acids is 1. The maximum atomic E-state index is 11.7. The van der Waals surface area contributed by atoms with Crippen LogP contribution in [0, 0.1) is 11.3 Å². The molecule has 0 unspecified atom stereocenters. The van der Waals surface area contributed by atoms with Crippen LogP contribution < -0.4 is 5.32 Å². The molecule has 5 heteroatoms. The normalized spacial score (nSPS) is 23.1. The molecule has 1 heterocycles. The molecule has 1 saturated carbocycles. The lowest BCUT2D eigenvalue weighted by molar-refractivity contribution is -0.143. The van der Waals surface area contributed by atoms with E-state index in [0.29, 0.717) is 31.7 Å². The molecule has 0 aromatic heterocycles. The fourth-order valence-corrected chi connectivity index (χ4v) is 3.37. The minimum atomic E-state index is -0.771. The summed E-state index contributed by atoms with van der Waals surface area (Å²) in [6.07, 6.45) is 4.19. The number of carboxylic acids is 1. The van der Waals surface area contributed by atoms with Crippen molar-refractivity contribution >= 4 is 23.6 Å². The van der Waals surface area contributed by atoms with Crippen molar-refractivity contribution in [3.63, 3.8) is 0 Å². The number of thioether (sulfide) groups is 1.